The summed E-state index contributed by atoms with van der Waals surface area (Å²) in [6.07, 6.45) is 22.0. The van der Waals surface area contributed by atoms with Gasteiger partial charge in [0, 0.05) is 6.42 Å². The molecule has 0 rings (SSSR count). The fourth-order valence-corrected chi connectivity index (χ4v) is 3.41. The van der Waals surface area contributed by atoms with Crippen molar-refractivity contribution in [3.05, 3.63) is 12.2 Å². The Balaban J connectivity index is 3.49. The van der Waals surface area contributed by atoms with Crippen LogP contribution in [-0.2, 0) is 9.59 Å². The third-order valence-electron chi connectivity index (χ3n) is 4.66. The van der Waals surface area contributed by atoms with Gasteiger partial charge in [-0.3, -0.25) is 4.79 Å². The Morgan fingerprint density at radius 2 is 1.48 bits per heavy atom. The Bertz CT molecular complexity index is 399. The predicted molar refractivity (Wildman–Crippen MR) is 117 cm³/mol. The topological polar surface area (TPSA) is 66.4 Å². The molecular weight excluding hydrogens is 358 g/mol. The Morgan fingerprint density at radius 1 is 0.926 bits per heavy atom. The highest BCUT2D eigenvalue weighted by molar-refractivity contribution is 7.98. The zero-order valence-corrected chi connectivity index (χ0v) is 18.3. The third-order valence-corrected chi connectivity index (χ3v) is 5.30. The number of hydrogen-bond donors (Lipinski definition) is 2. The number of carboxylic acid groups (broad SMARTS) is 1. The molecule has 0 heterocycles. The highest BCUT2D eigenvalue weighted by Gasteiger charge is 2.18. The van der Waals surface area contributed by atoms with Crippen molar-refractivity contribution >= 4 is 23.6 Å². The summed E-state index contributed by atoms with van der Waals surface area (Å²) in [5, 5.41) is 11.8. The number of unbranched alkanes of at least 4 members (excludes halogenated alkanes) is 10. The summed E-state index contributed by atoms with van der Waals surface area (Å²) in [5.74, 6) is -0.332. The molecule has 0 fully saturated rings. The molecule has 1 atom stereocenters. The Hall–Kier alpha value is -0.970. The lowest BCUT2D eigenvalue weighted by atomic mass is 10.1. The summed E-state index contributed by atoms with van der Waals surface area (Å²) in [6, 6.07) is -0.747. The van der Waals surface area contributed by atoms with E-state index in [1.54, 1.807) is 11.8 Å². The van der Waals surface area contributed by atoms with Gasteiger partial charge in [0.15, 0.2) is 0 Å². The fraction of sp³-hybridized carbons (Fsp3) is 0.818. The lowest BCUT2D eigenvalue weighted by Gasteiger charge is -2.13. The number of carboxylic acids is 1. The molecule has 0 aliphatic carbocycles. The van der Waals surface area contributed by atoms with Crippen LogP contribution in [0.4, 0.5) is 0 Å². The monoisotopic (exact) mass is 399 g/mol. The zero-order valence-electron chi connectivity index (χ0n) is 17.5. The van der Waals surface area contributed by atoms with Gasteiger partial charge < -0.3 is 10.4 Å². The number of amides is 1. The van der Waals surface area contributed by atoms with Crippen molar-refractivity contribution in [3.63, 3.8) is 0 Å². The van der Waals surface area contributed by atoms with E-state index in [1.807, 2.05) is 6.26 Å². The van der Waals surface area contributed by atoms with E-state index in [-0.39, 0.29) is 5.91 Å². The first-order chi connectivity index (χ1) is 13.1. The van der Waals surface area contributed by atoms with Gasteiger partial charge in [0.1, 0.15) is 6.04 Å². The van der Waals surface area contributed by atoms with Crippen LogP contribution in [0.25, 0.3) is 0 Å². The zero-order chi connectivity index (χ0) is 20.2. The second-order valence-electron chi connectivity index (χ2n) is 7.22. The Labute approximate surface area is 171 Å². The fourth-order valence-electron chi connectivity index (χ4n) is 2.94. The van der Waals surface area contributed by atoms with Crippen molar-refractivity contribution in [1.29, 1.82) is 0 Å². The van der Waals surface area contributed by atoms with Gasteiger partial charge in [0.05, 0.1) is 0 Å². The van der Waals surface area contributed by atoms with Crippen molar-refractivity contribution in [1.82, 2.24) is 5.32 Å². The molecule has 158 valence electrons. The average molecular weight is 400 g/mol. The van der Waals surface area contributed by atoms with Crippen LogP contribution in [0.1, 0.15) is 96.8 Å². The molecule has 0 aliphatic heterocycles. The van der Waals surface area contributed by atoms with Crippen LogP contribution in [0.3, 0.4) is 0 Å². The predicted octanol–water partition coefficient (Wildman–Crippen LogP) is 5.96. The SMILES string of the molecule is CCCCCCC/C=C\CCCCCCCC(=O)N[C@@H](CCSC)C(=O)O. The molecule has 1 amide bonds. The normalized spacial score (nSPS) is 12.4. The summed E-state index contributed by atoms with van der Waals surface area (Å²) in [6.45, 7) is 2.25. The van der Waals surface area contributed by atoms with E-state index < -0.39 is 12.0 Å². The van der Waals surface area contributed by atoms with E-state index in [0.717, 1.165) is 31.4 Å². The second kappa shape index (κ2) is 19.8. The number of thioether (sulfide) groups is 1. The molecule has 0 aromatic rings. The first kappa shape index (κ1) is 26.0. The standard InChI is InChI=1S/C22H41NO3S/c1-3-4-5-6-7-8-9-10-11-12-13-14-15-16-17-21(24)23-20(22(25)26)18-19-27-2/h9-10,20H,3-8,11-19H2,1-2H3,(H,23,24)(H,25,26)/b10-9-/t20-/m0/s1. The van der Waals surface area contributed by atoms with Crippen LogP contribution in [0.5, 0.6) is 0 Å². The minimum Gasteiger partial charge on any atom is -0.480 e. The van der Waals surface area contributed by atoms with Crippen molar-refractivity contribution in [2.24, 2.45) is 0 Å². The molecule has 0 aromatic carbocycles. The summed E-state index contributed by atoms with van der Waals surface area (Å²) in [4.78, 5) is 23.0. The maximum absolute atomic E-state index is 11.8. The summed E-state index contributed by atoms with van der Waals surface area (Å²) < 4.78 is 0. The Morgan fingerprint density at radius 3 is 2.04 bits per heavy atom. The minimum absolute atomic E-state index is 0.134. The number of rotatable bonds is 19. The number of aliphatic carboxylic acids is 1. The van der Waals surface area contributed by atoms with E-state index >= 15 is 0 Å². The number of nitrogens with one attached hydrogen (secondary N) is 1. The smallest absolute Gasteiger partial charge is 0.326 e. The molecule has 27 heavy (non-hydrogen) atoms. The van der Waals surface area contributed by atoms with Gasteiger partial charge in [0.2, 0.25) is 5.91 Å². The van der Waals surface area contributed by atoms with Gasteiger partial charge in [-0.05, 0) is 50.5 Å². The van der Waals surface area contributed by atoms with Crippen molar-refractivity contribution in [3.8, 4) is 0 Å². The van der Waals surface area contributed by atoms with Gasteiger partial charge in [-0.2, -0.15) is 11.8 Å². The maximum atomic E-state index is 11.8. The van der Waals surface area contributed by atoms with Crippen LogP contribution >= 0.6 is 11.8 Å². The van der Waals surface area contributed by atoms with Crippen molar-refractivity contribution < 1.29 is 14.7 Å². The molecule has 0 spiro atoms. The van der Waals surface area contributed by atoms with Crippen molar-refractivity contribution in [2.75, 3.05) is 12.0 Å². The number of hydrogen-bond acceptors (Lipinski definition) is 3. The lowest BCUT2D eigenvalue weighted by Crippen LogP contribution is -2.41. The molecule has 0 aliphatic rings. The Kier molecular flexibility index (Phi) is 19.1. The highest BCUT2D eigenvalue weighted by atomic mass is 32.2. The molecule has 0 unspecified atom stereocenters. The molecule has 4 nitrogen and oxygen atoms in total. The third kappa shape index (κ3) is 18.2. The second-order valence-corrected chi connectivity index (χ2v) is 8.21. The lowest BCUT2D eigenvalue weighted by molar-refractivity contribution is -0.141. The van der Waals surface area contributed by atoms with Gasteiger partial charge in [0.25, 0.3) is 0 Å². The van der Waals surface area contributed by atoms with E-state index in [2.05, 4.69) is 24.4 Å². The van der Waals surface area contributed by atoms with Gasteiger partial charge >= 0.3 is 5.97 Å². The number of carbonyl (C=O) groups is 2. The van der Waals surface area contributed by atoms with Crippen LogP contribution in [0, 0.1) is 0 Å². The van der Waals surface area contributed by atoms with E-state index in [0.29, 0.717) is 12.8 Å². The van der Waals surface area contributed by atoms with Crippen LogP contribution < -0.4 is 5.32 Å². The molecule has 2 N–H and O–H groups in total. The summed E-state index contributed by atoms with van der Waals surface area (Å²) >= 11 is 1.59. The maximum Gasteiger partial charge on any atom is 0.326 e. The highest BCUT2D eigenvalue weighted by Crippen LogP contribution is 2.10. The van der Waals surface area contributed by atoms with E-state index in [4.69, 9.17) is 5.11 Å². The average Bonchev–Trinajstić information content (AvgIpc) is 2.65. The summed E-state index contributed by atoms with van der Waals surface area (Å²) in [7, 11) is 0. The first-order valence-corrected chi connectivity index (χ1v) is 12.2. The molecule has 0 bridgehead atoms. The van der Waals surface area contributed by atoms with Gasteiger partial charge in [-0.15, -0.1) is 0 Å². The largest absolute Gasteiger partial charge is 0.480 e. The molecular formula is C22H41NO3S. The van der Waals surface area contributed by atoms with E-state index in [1.165, 1.54) is 51.4 Å². The summed E-state index contributed by atoms with van der Waals surface area (Å²) in [5.41, 5.74) is 0. The number of carbonyl (C=O) groups excluding carboxylic acids is 1. The molecule has 0 aromatic heterocycles. The first-order valence-electron chi connectivity index (χ1n) is 10.8. The molecule has 5 heteroatoms. The van der Waals surface area contributed by atoms with Gasteiger partial charge in [-0.1, -0.05) is 64.0 Å². The molecule has 0 saturated heterocycles. The van der Waals surface area contributed by atoms with Gasteiger partial charge in [-0.25, -0.2) is 4.79 Å². The molecule has 0 saturated carbocycles. The van der Waals surface area contributed by atoms with Crippen LogP contribution in [-0.4, -0.2) is 35.0 Å². The quantitative estimate of drug-likeness (QED) is 0.208. The van der Waals surface area contributed by atoms with E-state index in [9.17, 15) is 9.59 Å². The number of allylic oxidation sites excluding steroid dienone is 2. The minimum atomic E-state index is -0.939. The molecule has 0 radical (unpaired) electrons. The van der Waals surface area contributed by atoms with Crippen LogP contribution in [0.15, 0.2) is 12.2 Å². The van der Waals surface area contributed by atoms with Crippen molar-refractivity contribution in [2.45, 2.75) is 103 Å². The van der Waals surface area contributed by atoms with Crippen LogP contribution in [0.2, 0.25) is 0 Å².